The van der Waals surface area contributed by atoms with E-state index in [4.69, 9.17) is 8.37 Å². The zero-order chi connectivity index (χ0) is 30.4. The van der Waals surface area contributed by atoms with Gasteiger partial charge in [0, 0.05) is 0 Å². The third-order valence-corrected chi connectivity index (χ3v) is 12.8. The molecule has 10 nitrogen and oxygen atoms in total. The topological polar surface area (TPSA) is 173 Å². The lowest BCUT2D eigenvalue weighted by Gasteiger charge is -2.62. The van der Waals surface area contributed by atoms with Crippen LogP contribution in [0.25, 0.3) is 0 Å². The molecule has 0 unspecified atom stereocenters. The minimum Gasteiger partial charge on any atom is -0.726 e. The van der Waals surface area contributed by atoms with Crippen LogP contribution in [0.5, 0.6) is 0 Å². The van der Waals surface area contributed by atoms with Crippen LogP contribution in [0.1, 0.15) is 91.9 Å². The molecule has 12 heteroatoms. The van der Waals surface area contributed by atoms with E-state index in [2.05, 4.69) is 27.7 Å². The predicted molar refractivity (Wildman–Crippen MR) is 150 cm³/mol. The van der Waals surface area contributed by atoms with E-state index in [1.807, 2.05) is 6.08 Å². The first-order valence-corrected chi connectivity index (χ1v) is 17.9. The minimum atomic E-state index is -4.90. The average molecular weight is 621 g/mol. The van der Waals surface area contributed by atoms with Crippen LogP contribution >= 0.6 is 0 Å². The summed E-state index contributed by atoms with van der Waals surface area (Å²) >= 11 is 0. The highest BCUT2D eigenvalue weighted by Gasteiger charge is 2.62. The largest absolute Gasteiger partial charge is 0.726 e. The van der Waals surface area contributed by atoms with Crippen molar-refractivity contribution in [1.82, 2.24) is 0 Å². The highest BCUT2D eigenvalue weighted by Crippen LogP contribution is 2.68. The number of fused-ring (bicyclic) bond motifs is 5. The summed E-state index contributed by atoms with van der Waals surface area (Å²) in [4.78, 5) is 0. The molecule has 0 aromatic rings. The van der Waals surface area contributed by atoms with Crippen LogP contribution in [-0.2, 0) is 29.2 Å². The van der Waals surface area contributed by atoms with E-state index in [0.717, 1.165) is 44.1 Å². The molecule has 0 aromatic carbocycles. The quantitative estimate of drug-likeness (QED) is 0.196. The van der Waals surface area contributed by atoms with Gasteiger partial charge in [0.1, 0.15) is 6.10 Å². The van der Waals surface area contributed by atoms with Crippen molar-refractivity contribution >= 4 is 20.8 Å². The fourth-order valence-electron chi connectivity index (χ4n) is 10.0. The summed E-state index contributed by atoms with van der Waals surface area (Å²) in [7, 11) is -9.72. The van der Waals surface area contributed by atoms with Crippen molar-refractivity contribution in [2.24, 2.45) is 52.3 Å². The van der Waals surface area contributed by atoms with Crippen molar-refractivity contribution in [2.75, 3.05) is 13.2 Å². The molecule has 2 N–H and O–H groups in total. The lowest BCUT2D eigenvalue weighted by Crippen LogP contribution is -2.59. The monoisotopic (exact) mass is 620 g/mol. The molecular formula is C29H48O10S2-2. The lowest BCUT2D eigenvalue weighted by atomic mass is 9.44. The van der Waals surface area contributed by atoms with Crippen LogP contribution in [-0.4, -0.2) is 61.6 Å². The Balaban J connectivity index is 1.53. The first-order chi connectivity index (χ1) is 19.0. The summed E-state index contributed by atoms with van der Waals surface area (Å²) in [5.74, 6) is 1.40. The van der Waals surface area contributed by atoms with Gasteiger partial charge in [0.2, 0.25) is 20.8 Å². The Hall–Kier alpha value is -0.600. The van der Waals surface area contributed by atoms with Gasteiger partial charge in [-0.1, -0.05) is 39.3 Å². The fraction of sp³-hybridized carbons (Fsp3) is 0.931. The second kappa shape index (κ2) is 12.4. The maximum Gasteiger partial charge on any atom is 0.217 e. The van der Waals surface area contributed by atoms with Crippen LogP contribution < -0.4 is 0 Å². The SMILES string of the molecule is CC(C)/C(=C/CO)CC[C@@H](COS(=O)(=O)[O-])[C@H]1CC[C@H]2[C@@H]3CC[C@@H]4[C@H](O)[C@H](OS(=O)(=O)[O-])CC[C@]4(C)[C@H]3CC[C@]12C. The maximum absolute atomic E-state index is 11.4. The molecule has 0 spiro atoms. The smallest absolute Gasteiger partial charge is 0.217 e. The fourth-order valence-corrected chi connectivity index (χ4v) is 10.9. The molecule has 10 atom stereocenters. The van der Waals surface area contributed by atoms with Gasteiger partial charge in [-0.15, -0.1) is 0 Å². The molecule has 4 rings (SSSR count). The predicted octanol–water partition coefficient (Wildman–Crippen LogP) is 3.91. The number of allylic oxidation sites excluding steroid dienone is 1. The molecule has 0 amide bonds. The van der Waals surface area contributed by atoms with E-state index in [1.165, 1.54) is 0 Å². The first kappa shape index (κ1) is 33.3. The molecule has 4 saturated carbocycles. The van der Waals surface area contributed by atoms with Gasteiger partial charge >= 0.3 is 0 Å². The first-order valence-electron chi connectivity index (χ1n) is 15.2. The number of aliphatic hydroxyl groups excluding tert-OH is 2. The highest BCUT2D eigenvalue weighted by atomic mass is 32.3. The molecule has 4 aliphatic carbocycles. The Morgan fingerprint density at radius 1 is 0.927 bits per heavy atom. The molecule has 238 valence electrons. The average Bonchev–Trinajstić information content (AvgIpc) is 3.21. The van der Waals surface area contributed by atoms with Crippen LogP contribution in [0.15, 0.2) is 11.6 Å². The summed E-state index contributed by atoms with van der Waals surface area (Å²) in [5, 5.41) is 20.6. The molecule has 0 radical (unpaired) electrons. The Kier molecular flexibility index (Phi) is 10.1. The van der Waals surface area contributed by atoms with Gasteiger partial charge in [-0.25, -0.2) is 16.8 Å². The third kappa shape index (κ3) is 7.05. The van der Waals surface area contributed by atoms with Crippen LogP contribution in [0.2, 0.25) is 0 Å². The van der Waals surface area contributed by atoms with Gasteiger partial charge in [-0.2, -0.15) is 0 Å². The normalized spacial score (nSPS) is 40.6. The van der Waals surface area contributed by atoms with E-state index in [0.29, 0.717) is 43.4 Å². The molecule has 4 aliphatic rings. The molecule has 41 heavy (non-hydrogen) atoms. The zero-order valence-electron chi connectivity index (χ0n) is 24.7. The van der Waals surface area contributed by atoms with Gasteiger partial charge < -0.3 is 19.3 Å². The summed E-state index contributed by atoms with van der Waals surface area (Å²) in [6.45, 7) is 8.49. The summed E-state index contributed by atoms with van der Waals surface area (Å²) in [6, 6.07) is 0. The molecule has 0 bridgehead atoms. The second-order valence-electron chi connectivity index (χ2n) is 14.0. The van der Waals surface area contributed by atoms with Crippen molar-refractivity contribution < 1.29 is 44.5 Å². The molecule has 0 aromatic heterocycles. The standard InChI is InChI=1S/C29H50O10S2/c1-18(2)19(13-16-30)5-6-20(17-38-40(32,33)34)22-9-10-23-21-7-8-25-27(31)26(39-41(35,36)37)12-15-29(25,4)24(21)11-14-28(22,23)3/h13,18,20-27,30-31H,5-12,14-17H2,1-4H3,(H,32,33,34)(H,35,36,37)/p-2/b19-13+/t20-,21-,22+,23-,24-,25+,26+,27-,28+,29+/m0/s1. The van der Waals surface area contributed by atoms with Crippen molar-refractivity contribution in [2.45, 2.75) is 104 Å². The number of aliphatic hydroxyl groups is 2. The van der Waals surface area contributed by atoms with Crippen molar-refractivity contribution in [3.8, 4) is 0 Å². The van der Waals surface area contributed by atoms with Crippen LogP contribution in [0, 0.1) is 52.3 Å². The molecular weight excluding hydrogens is 572 g/mol. The lowest BCUT2D eigenvalue weighted by molar-refractivity contribution is -0.171. The van der Waals surface area contributed by atoms with Gasteiger partial charge in [0.25, 0.3) is 0 Å². The Morgan fingerprint density at radius 2 is 1.56 bits per heavy atom. The summed E-state index contributed by atoms with van der Waals surface area (Å²) in [5.41, 5.74) is 0.883. The summed E-state index contributed by atoms with van der Waals surface area (Å²) < 4.78 is 77.7. The summed E-state index contributed by atoms with van der Waals surface area (Å²) in [6.07, 6.45) is 7.69. The Labute approximate surface area is 246 Å². The number of hydrogen-bond donors (Lipinski definition) is 2. The third-order valence-electron chi connectivity index (χ3n) is 11.9. The van der Waals surface area contributed by atoms with Gasteiger partial charge in [-0.3, -0.25) is 8.37 Å². The number of hydrogen-bond acceptors (Lipinski definition) is 10. The van der Waals surface area contributed by atoms with E-state index in [1.54, 1.807) is 0 Å². The number of rotatable bonds is 11. The van der Waals surface area contributed by atoms with E-state index < -0.39 is 33.0 Å². The van der Waals surface area contributed by atoms with Crippen molar-refractivity contribution in [1.29, 1.82) is 0 Å². The molecule has 0 saturated heterocycles. The van der Waals surface area contributed by atoms with Gasteiger partial charge in [0.15, 0.2) is 0 Å². The maximum atomic E-state index is 11.4. The van der Waals surface area contributed by atoms with Crippen molar-refractivity contribution in [3.05, 3.63) is 11.6 Å². The van der Waals surface area contributed by atoms with Crippen molar-refractivity contribution in [3.63, 3.8) is 0 Å². The molecule has 0 heterocycles. The second-order valence-corrected chi connectivity index (χ2v) is 16.0. The van der Waals surface area contributed by atoms with Crippen LogP contribution in [0.4, 0.5) is 0 Å². The zero-order valence-corrected chi connectivity index (χ0v) is 26.4. The Morgan fingerprint density at radius 3 is 2.17 bits per heavy atom. The Bertz CT molecular complexity index is 1170. The van der Waals surface area contributed by atoms with E-state index >= 15 is 0 Å². The van der Waals surface area contributed by atoms with E-state index in [-0.39, 0.29) is 47.7 Å². The van der Waals surface area contributed by atoms with Gasteiger partial charge in [0.05, 0.1) is 19.3 Å². The molecule has 0 aliphatic heterocycles. The molecule has 4 fully saturated rings. The van der Waals surface area contributed by atoms with Crippen LogP contribution in [0.3, 0.4) is 0 Å². The van der Waals surface area contributed by atoms with Gasteiger partial charge in [-0.05, 0) is 116 Å². The minimum absolute atomic E-state index is 0.0424. The van der Waals surface area contributed by atoms with E-state index in [9.17, 15) is 36.2 Å². The highest BCUT2D eigenvalue weighted by molar-refractivity contribution is 7.81.